The van der Waals surface area contributed by atoms with Gasteiger partial charge in [0.1, 0.15) is 0 Å². The minimum atomic E-state index is -0.622. The number of amides is 1. The molecule has 1 fully saturated rings. The number of rotatable bonds is 6. The Kier molecular flexibility index (Phi) is 5.01. The maximum absolute atomic E-state index is 12.8. The molecule has 1 aromatic carbocycles. The van der Waals surface area contributed by atoms with Crippen molar-refractivity contribution in [2.75, 3.05) is 6.61 Å². The third kappa shape index (κ3) is 3.27. The Morgan fingerprint density at radius 3 is 2.43 bits per heavy atom. The standard InChI is InChI=1S/C17H25NO3/c1-12(2)15(8-9-19)18-16(21)17(10-14(20)11-17)13-6-4-3-5-7-13/h3-7,12,14-15,19-20H,8-11H2,1-2H3,(H,18,21). The van der Waals surface area contributed by atoms with Crippen LogP contribution in [0.3, 0.4) is 0 Å². The van der Waals surface area contributed by atoms with E-state index in [9.17, 15) is 9.90 Å². The second kappa shape index (κ2) is 6.58. The minimum absolute atomic E-state index is 0.0360. The lowest BCUT2D eigenvalue weighted by atomic mass is 9.62. The number of aliphatic hydroxyl groups is 2. The molecule has 0 saturated heterocycles. The van der Waals surface area contributed by atoms with E-state index in [1.165, 1.54) is 0 Å². The molecule has 21 heavy (non-hydrogen) atoms. The molecule has 0 radical (unpaired) electrons. The third-order valence-electron chi connectivity index (χ3n) is 4.49. The maximum atomic E-state index is 12.8. The average Bonchev–Trinajstić information content (AvgIpc) is 2.43. The lowest BCUT2D eigenvalue weighted by Gasteiger charge is -2.45. The molecule has 1 atom stereocenters. The number of carbonyl (C=O) groups excluding carboxylic acids is 1. The van der Waals surface area contributed by atoms with Crippen molar-refractivity contribution in [3.8, 4) is 0 Å². The van der Waals surface area contributed by atoms with Gasteiger partial charge in [-0.3, -0.25) is 4.79 Å². The number of hydrogen-bond donors (Lipinski definition) is 3. The number of benzene rings is 1. The third-order valence-corrected chi connectivity index (χ3v) is 4.49. The Hall–Kier alpha value is -1.39. The van der Waals surface area contributed by atoms with Crippen LogP contribution in [0.1, 0.15) is 38.7 Å². The van der Waals surface area contributed by atoms with E-state index in [0.29, 0.717) is 19.3 Å². The summed E-state index contributed by atoms with van der Waals surface area (Å²) in [6.45, 7) is 4.13. The molecule has 1 aromatic rings. The normalized spacial score (nSPS) is 26.2. The summed E-state index contributed by atoms with van der Waals surface area (Å²) in [5, 5.41) is 21.9. The molecule has 1 aliphatic carbocycles. The van der Waals surface area contributed by atoms with Crippen molar-refractivity contribution in [2.45, 2.75) is 50.7 Å². The summed E-state index contributed by atoms with van der Waals surface area (Å²) in [4.78, 5) is 12.8. The number of aliphatic hydroxyl groups excluding tert-OH is 2. The smallest absolute Gasteiger partial charge is 0.231 e. The second-order valence-electron chi connectivity index (χ2n) is 6.35. The van der Waals surface area contributed by atoms with Crippen LogP contribution in [0.4, 0.5) is 0 Å². The largest absolute Gasteiger partial charge is 0.396 e. The lowest BCUT2D eigenvalue weighted by Crippen LogP contribution is -2.57. The van der Waals surface area contributed by atoms with E-state index in [1.807, 2.05) is 44.2 Å². The zero-order chi connectivity index (χ0) is 15.5. The SMILES string of the molecule is CC(C)C(CCO)NC(=O)C1(c2ccccc2)CC(O)C1. The lowest BCUT2D eigenvalue weighted by molar-refractivity contribution is -0.136. The molecule has 4 heteroatoms. The molecule has 0 aliphatic heterocycles. The highest BCUT2D eigenvalue weighted by molar-refractivity contribution is 5.89. The topological polar surface area (TPSA) is 69.6 Å². The van der Waals surface area contributed by atoms with Crippen LogP contribution in [0.5, 0.6) is 0 Å². The molecule has 4 nitrogen and oxygen atoms in total. The Balaban J connectivity index is 2.17. The minimum Gasteiger partial charge on any atom is -0.396 e. The summed E-state index contributed by atoms with van der Waals surface area (Å²) < 4.78 is 0. The van der Waals surface area contributed by atoms with Gasteiger partial charge in [-0.05, 0) is 30.7 Å². The van der Waals surface area contributed by atoms with Crippen LogP contribution in [0.25, 0.3) is 0 Å². The van der Waals surface area contributed by atoms with Gasteiger partial charge in [-0.25, -0.2) is 0 Å². The Labute approximate surface area is 126 Å². The van der Waals surface area contributed by atoms with E-state index in [1.54, 1.807) is 0 Å². The van der Waals surface area contributed by atoms with Gasteiger partial charge in [0.25, 0.3) is 0 Å². The summed E-state index contributed by atoms with van der Waals surface area (Å²) in [6, 6.07) is 9.61. The van der Waals surface area contributed by atoms with Crippen molar-refractivity contribution in [1.29, 1.82) is 0 Å². The van der Waals surface area contributed by atoms with E-state index < -0.39 is 11.5 Å². The summed E-state index contributed by atoms with van der Waals surface area (Å²) >= 11 is 0. The van der Waals surface area contributed by atoms with Crippen LogP contribution in [0, 0.1) is 5.92 Å². The van der Waals surface area contributed by atoms with E-state index in [-0.39, 0.29) is 24.5 Å². The highest BCUT2D eigenvalue weighted by atomic mass is 16.3. The first-order valence-electron chi connectivity index (χ1n) is 7.65. The molecule has 0 heterocycles. The number of hydrogen-bond acceptors (Lipinski definition) is 3. The van der Waals surface area contributed by atoms with Gasteiger partial charge in [-0.15, -0.1) is 0 Å². The average molecular weight is 291 g/mol. The number of carbonyl (C=O) groups is 1. The molecular formula is C17H25NO3. The van der Waals surface area contributed by atoms with Crippen molar-refractivity contribution in [3.63, 3.8) is 0 Å². The van der Waals surface area contributed by atoms with Crippen molar-refractivity contribution in [1.82, 2.24) is 5.32 Å². The van der Waals surface area contributed by atoms with Gasteiger partial charge in [0.2, 0.25) is 5.91 Å². The molecule has 116 valence electrons. The predicted octanol–water partition coefficient (Wildman–Crippen LogP) is 1.60. The second-order valence-corrected chi connectivity index (χ2v) is 6.35. The van der Waals surface area contributed by atoms with Crippen LogP contribution >= 0.6 is 0 Å². The van der Waals surface area contributed by atoms with Gasteiger partial charge in [0, 0.05) is 12.6 Å². The molecule has 2 rings (SSSR count). The van der Waals surface area contributed by atoms with Gasteiger partial charge < -0.3 is 15.5 Å². The van der Waals surface area contributed by atoms with Crippen molar-refractivity contribution >= 4 is 5.91 Å². The highest BCUT2D eigenvalue weighted by Gasteiger charge is 2.51. The number of nitrogens with one attached hydrogen (secondary N) is 1. The van der Waals surface area contributed by atoms with E-state index in [2.05, 4.69) is 5.32 Å². The first kappa shape index (κ1) is 16.0. The van der Waals surface area contributed by atoms with Gasteiger partial charge >= 0.3 is 0 Å². The van der Waals surface area contributed by atoms with Gasteiger partial charge in [0.15, 0.2) is 0 Å². The van der Waals surface area contributed by atoms with E-state index >= 15 is 0 Å². The fourth-order valence-electron chi connectivity index (χ4n) is 3.07. The zero-order valence-electron chi connectivity index (χ0n) is 12.7. The summed E-state index contributed by atoms with van der Waals surface area (Å²) in [7, 11) is 0. The van der Waals surface area contributed by atoms with E-state index in [4.69, 9.17) is 5.11 Å². The molecule has 0 bridgehead atoms. The van der Waals surface area contributed by atoms with Crippen LogP contribution in [0.2, 0.25) is 0 Å². The van der Waals surface area contributed by atoms with Gasteiger partial charge in [-0.1, -0.05) is 44.2 Å². The van der Waals surface area contributed by atoms with E-state index in [0.717, 1.165) is 5.56 Å². The summed E-state index contributed by atoms with van der Waals surface area (Å²) in [6.07, 6.45) is 1.07. The Morgan fingerprint density at radius 2 is 1.95 bits per heavy atom. The van der Waals surface area contributed by atoms with Crippen LogP contribution in [-0.2, 0) is 10.2 Å². The van der Waals surface area contributed by atoms with Crippen LogP contribution in [0.15, 0.2) is 30.3 Å². The summed E-state index contributed by atoms with van der Waals surface area (Å²) in [5.41, 5.74) is 0.336. The molecule has 0 aromatic heterocycles. The van der Waals surface area contributed by atoms with Gasteiger partial charge in [0.05, 0.1) is 11.5 Å². The fourth-order valence-corrected chi connectivity index (χ4v) is 3.07. The molecular weight excluding hydrogens is 266 g/mol. The van der Waals surface area contributed by atoms with Crippen molar-refractivity contribution in [2.24, 2.45) is 5.92 Å². The summed E-state index contributed by atoms with van der Waals surface area (Å²) in [5.74, 6) is 0.227. The first-order valence-corrected chi connectivity index (χ1v) is 7.65. The maximum Gasteiger partial charge on any atom is 0.231 e. The fraction of sp³-hybridized carbons (Fsp3) is 0.588. The molecule has 3 N–H and O–H groups in total. The molecule has 0 spiro atoms. The van der Waals surface area contributed by atoms with Gasteiger partial charge in [-0.2, -0.15) is 0 Å². The Morgan fingerprint density at radius 1 is 1.33 bits per heavy atom. The van der Waals surface area contributed by atoms with Crippen LogP contribution < -0.4 is 5.32 Å². The van der Waals surface area contributed by atoms with Crippen LogP contribution in [-0.4, -0.2) is 34.9 Å². The van der Waals surface area contributed by atoms with Crippen molar-refractivity contribution < 1.29 is 15.0 Å². The van der Waals surface area contributed by atoms with Crippen molar-refractivity contribution in [3.05, 3.63) is 35.9 Å². The monoisotopic (exact) mass is 291 g/mol. The Bertz CT molecular complexity index is 466. The molecule has 1 unspecified atom stereocenters. The molecule has 1 amide bonds. The highest BCUT2D eigenvalue weighted by Crippen LogP contribution is 2.44. The first-order chi connectivity index (χ1) is 9.99. The zero-order valence-corrected chi connectivity index (χ0v) is 12.7. The molecule has 1 aliphatic rings. The predicted molar refractivity (Wildman–Crippen MR) is 81.8 cm³/mol. The quantitative estimate of drug-likeness (QED) is 0.745. The molecule has 1 saturated carbocycles.